The van der Waals surface area contributed by atoms with E-state index in [-0.39, 0.29) is 5.16 Å². The van der Waals surface area contributed by atoms with Gasteiger partial charge in [-0.1, -0.05) is 74.4 Å². The van der Waals surface area contributed by atoms with Crippen molar-refractivity contribution in [1.82, 2.24) is 0 Å². The van der Waals surface area contributed by atoms with Crippen LogP contribution in [-0.4, -0.2) is 16.6 Å². The average Bonchev–Trinajstić information content (AvgIpc) is 3.14. The molecule has 2 nitrogen and oxygen atoms in total. The lowest BCUT2D eigenvalue weighted by molar-refractivity contribution is 0.482. The third-order valence-electron chi connectivity index (χ3n) is 7.40. The molecule has 0 aliphatic carbocycles. The molecule has 5 rings (SSSR count). The fourth-order valence-electron chi connectivity index (χ4n) is 4.83. The average molecular weight is 537 g/mol. The Bertz CT molecular complexity index is 1340. The zero-order valence-corrected chi connectivity index (χ0v) is 24.3. The van der Waals surface area contributed by atoms with Gasteiger partial charge in [0, 0.05) is 5.16 Å². The van der Waals surface area contributed by atoms with Crippen molar-refractivity contribution in [1.29, 1.82) is 0 Å². The molecule has 0 fully saturated rings. The first kappa shape index (κ1) is 26.4. The summed E-state index contributed by atoms with van der Waals surface area (Å²) in [5.74, 6) is 3.44. The van der Waals surface area contributed by atoms with Crippen LogP contribution in [0.1, 0.15) is 34.1 Å². The second-order valence-electron chi connectivity index (χ2n) is 9.94. The van der Waals surface area contributed by atoms with E-state index in [2.05, 4.69) is 76.2 Å². The summed E-state index contributed by atoms with van der Waals surface area (Å²) in [7, 11) is 0.921. The molecule has 0 saturated carbocycles. The van der Waals surface area contributed by atoms with Crippen molar-refractivity contribution in [3.8, 4) is 23.0 Å². The van der Waals surface area contributed by atoms with Crippen LogP contribution >= 0.6 is 16.1 Å². The van der Waals surface area contributed by atoms with E-state index in [1.807, 2.05) is 60.7 Å². The smallest absolute Gasteiger partial charge is 0.127 e. The van der Waals surface area contributed by atoms with Gasteiger partial charge in [-0.05, 0) is 118 Å². The van der Waals surface area contributed by atoms with Crippen molar-refractivity contribution in [2.45, 2.75) is 39.3 Å². The van der Waals surface area contributed by atoms with Crippen molar-refractivity contribution in [2.24, 2.45) is 0 Å². The number of rotatable bonds is 9. The molecule has 1 aliphatic heterocycles. The molecular formula is C34H34O2P2. The number of allylic oxidation sites excluding steroid dienone is 2. The van der Waals surface area contributed by atoms with E-state index in [4.69, 9.17) is 9.47 Å². The molecule has 0 N–H and O–H groups in total. The Labute approximate surface area is 229 Å². The Kier molecular flexibility index (Phi) is 8.13. The van der Waals surface area contributed by atoms with Gasteiger partial charge in [-0.15, -0.1) is 0 Å². The third-order valence-corrected chi connectivity index (χ3v) is 11.6. The zero-order chi connectivity index (χ0) is 26.5. The predicted octanol–water partition coefficient (Wildman–Crippen LogP) is 9.34. The monoisotopic (exact) mass is 536 g/mol. The van der Waals surface area contributed by atoms with E-state index < -0.39 is 7.92 Å². The van der Waals surface area contributed by atoms with Crippen LogP contribution in [-0.2, 0) is 0 Å². The largest absolute Gasteiger partial charge is 0.457 e. The second-order valence-corrected chi connectivity index (χ2v) is 14.2. The van der Waals surface area contributed by atoms with Gasteiger partial charge in [0.05, 0.1) is 0 Å². The molecule has 4 heteroatoms. The second kappa shape index (κ2) is 11.7. The minimum Gasteiger partial charge on any atom is -0.457 e. The molecule has 0 radical (unpaired) electrons. The number of benzene rings is 4. The highest BCUT2D eigenvalue weighted by Crippen LogP contribution is 2.47. The molecule has 0 spiro atoms. The summed E-state index contributed by atoms with van der Waals surface area (Å²) < 4.78 is 12.1. The number of ether oxygens (including phenoxy) is 2. The van der Waals surface area contributed by atoms with Crippen molar-refractivity contribution in [2.75, 3.05) is 6.16 Å². The van der Waals surface area contributed by atoms with E-state index in [1.165, 1.54) is 29.7 Å². The molecule has 1 aliphatic rings. The van der Waals surface area contributed by atoms with Gasteiger partial charge in [0.1, 0.15) is 23.0 Å². The van der Waals surface area contributed by atoms with Gasteiger partial charge in [0.25, 0.3) is 0 Å². The molecule has 0 aromatic heterocycles. The zero-order valence-electron chi connectivity index (χ0n) is 22.5. The highest BCUT2D eigenvalue weighted by molar-refractivity contribution is 7.73. The SMILES string of the molecule is CC1=PC(C)(CCP(c2ccc(Oc3ccccc3)cc2)c2ccc(Oc3ccccc3)cc2)C(C)=C1C. The third kappa shape index (κ3) is 6.10. The van der Waals surface area contributed by atoms with Gasteiger partial charge in [0.2, 0.25) is 0 Å². The molecule has 38 heavy (non-hydrogen) atoms. The fourth-order valence-corrected chi connectivity index (χ4v) is 9.15. The molecule has 0 bridgehead atoms. The lowest BCUT2D eigenvalue weighted by atomic mass is 9.94. The topological polar surface area (TPSA) is 18.5 Å². The summed E-state index contributed by atoms with van der Waals surface area (Å²) in [6, 6.07) is 37.3. The summed E-state index contributed by atoms with van der Waals surface area (Å²) in [5.41, 5.74) is 3.04. The maximum absolute atomic E-state index is 6.07. The van der Waals surface area contributed by atoms with Crippen LogP contribution in [0.2, 0.25) is 0 Å². The van der Waals surface area contributed by atoms with Gasteiger partial charge < -0.3 is 9.47 Å². The summed E-state index contributed by atoms with van der Waals surface area (Å²) in [4.78, 5) is 0. The van der Waals surface area contributed by atoms with Crippen LogP contribution in [0.3, 0.4) is 0 Å². The van der Waals surface area contributed by atoms with Crippen LogP contribution in [0.25, 0.3) is 0 Å². The summed E-state index contributed by atoms with van der Waals surface area (Å²) in [6.07, 6.45) is 2.29. The maximum atomic E-state index is 6.07. The van der Waals surface area contributed by atoms with Crippen molar-refractivity contribution >= 4 is 32.0 Å². The van der Waals surface area contributed by atoms with Crippen LogP contribution in [0.5, 0.6) is 23.0 Å². The molecule has 4 aromatic rings. The van der Waals surface area contributed by atoms with Crippen LogP contribution < -0.4 is 20.1 Å². The van der Waals surface area contributed by atoms with Crippen molar-refractivity contribution in [3.63, 3.8) is 0 Å². The number of hydrogen-bond acceptors (Lipinski definition) is 2. The first-order valence-corrected chi connectivity index (χ1v) is 15.5. The highest BCUT2D eigenvalue weighted by atomic mass is 31.1. The Morgan fingerprint density at radius 3 is 1.42 bits per heavy atom. The number of hydrogen-bond donors (Lipinski definition) is 0. The maximum Gasteiger partial charge on any atom is 0.127 e. The van der Waals surface area contributed by atoms with Gasteiger partial charge in [-0.25, -0.2) is 0 Å². The van der Waals surface area contributed by atoms with Gasteiger partial charge in [-0.3, -0.25) is 0 Å². The standard InChI is InChI=1S/C34H34O2P2/c1-25-26(2)34(4,37-27(25)3)23-24-38(32-19-15-30(16-20-32)35-28-11-7-5-8-12-28)33-21-17-31(18-22-33)36-29-13-9-6-10-14-29/h5-22H,23-24H2,1-4H3. The Morgan fingerprint density at radius 2 is 1.03 bits per heavy atom. The molecule has 4 aromatic carbocycles. The molecule has 0 saturated heterocycles. The molecule has 192 valence electrons. The highest BCUT2D eigenvalue weighted by Gasteiger charge is 2.32. The molecule has 0 amide bonds. The minimum absolute atomic E-state index is 0.210. The Morgan fingerprint density at radius 1 is 0.605 bits per heavy atom. The first-order valence-electron chi connectivity index (χ1n) is 13.1. The predicted molar refractivity (Wildman–Crippen MR) is 166 cm³/mol. The fraction of sp³-hybridized carbons (Fsp3) is 0.206. The van der Waals surface area contributed by atoms with E-state index in [0.29, 0.717) is 0 Å². The molecular weight excluding hydrogens is 502 g/mol. The Hall–Kier alpha value is -3.18. The molecule has 1 unspecified atom stereocenters. The van der Waals surface area contributed by atoms with Gasteiger partial charge in [-0.2, -0.15) is 0 Å². The van der Waals surface area contributed by atoms with E-state index in [9.17, 15) is 0 Å². The van der Waals surface area contributed by atoms with E-state index >= 15 is 0 Å². The normalized spacial score (nSPS) is 17.4. The Balaban J connectivity index is 1.39. The van der Waals surface area contributed by atoms with Crippen LogP contribution in [0.4, 0.5) is 0 Å². The lowest BCUT2D eigenvalue weighted by Gasteiger charge is -2.28. The van der Waals surface area contributed by atoms with E-state index in [0.717, 1.165) is 35.6 Å². The number of para-hydroxylation sites is 2. The van der Waals surface area contributed by atoms with E-state index in [1.54, 1.807) is 5.57 Å². The summed E-state index contributed by atoms with van der Waals surface area (Å²) >= 11 is 0. The lowest BCUT2D eigenvalue weighted by Crippen LogP contribution is -2.22. The van der Waals surface area contributed by atoms with Crippen molar-refractivity contribution < 1.29 is 9.47 Å². The summed E-state index contributed by atoms with van der Waals surface area (Å²) in [5, 5.41) is 4.46. The quantitative estimate of drug-likeness (QED) is 0.198. The van der Waals surface area contributed by atoms with Crippen molar-refractivity contribution in [3.05, 3.63) is 120 Å². The van der Waals surface area contributed by atoms with Gasteiger partial charge >= 0.3 is 0 Å². The van der Waals surface area contributed by atoms with Crippen LogP contribution in [0.15, 0.2) is 120 Å². The minimum atomic E-state index is -0.537. The van der Waals surface area contributed by atoms with Gasteiger partial charge in [0.15, 0.2) is 0 Å². The summed E-state index contributed by atoms with van der Waals surface area (Å²) in [6.45, 7) is 9.32. The first-order chi connectivity index (χ1) is 18.4. The van der Waals surface area contributed by atoms with Crippen LogP contribution in [0, 0.1) is 0 Å². The molecule has 1 heterocycles. The molecule has 1 atom stereocenters.